The van der Waals surface area contributed by atoms with Crippen molar-refractivity contribution in [2.45, 2.75) is 44.9 Å². The number of hydrogen-bond donors (Lipinski definition) is 1. The highest BCUT2D eigenvalue weighted by Gasteiger charge is 2.42. The maximum atomic E-state index is 12.8. The summed E-state index contributed by atoms with van der Waals surface area (Å²) in [7, 11) is 0. The molecule has 1 amide bonds. The molecule has 2 aliphatic heterocycles. The van der Waals surface area contributed by atoms with Crippen LogP contribution in [0.1, 0.15) is 44.9 Å². The van der Waals surface area contributed by atoms with Crippen LogP contribution in [0.2, 0.25) is 0 Å². The van der Waals surface area contributed by atoms with Crippen LogP contribution in [0, 0.1) is 29.6 Å². The van der Waals surface area contributed by atoms with Crippen LogP contribution >= 0.6 is 0 Å². The molecule has 20 heavy (non-hydrogen) atoms. The molecule has 2 aliphatic carbocycles. The van der Waals surface area contributed by atoms with Gasteiger partial charge >= 0.3 is 0 Å². The molecule has 0 bridgehead atoms. The molecule has 2 heterocycles. The van der Waals surface area contributed by atoms with Gasteiger partial charge < -0.3 is 10.2 Å². The molecule has 0 aromatic heterocycles. The molecule has 3 nitrogen and oxygen atoms in total. The second kappa shape index (κ2) is 5.32. The van der Waals surface area contributed by atoms with Gasteiger partial charge in [-0.1, -0.05) is 25.7 Å². The van der Waals surface area contributed by atoms with Gasteiger partial charge in [0, 0.05) is 32.1 Å². The summed E-state index contributed by atoms with van der Waals surface area (Å²) in [6.07, 6.45) is 9.36. The van der Waals surface area contributed by atoms with Gasteiger partial charge in [-0.2, -0.15) is 0 Å². The SMILES string of the molecule is O=C(C1CCC2CCCCC2C1)N1C[C@H]2CNC[C@H]2C1. The lowest BCUT2D eigenvalue weighted by molar-refractivity contribution is -0.137. The Bertz CT molecular complexity index is 371. The molecule has 0 aromatic rings. The summed E-state index contributed by atoms with van der Waals surface area (Å²) in [6.45, 7) is 4.32. The van der Waals surface area contributed by atoms with Gasteiger partial charge in [0.05, 0.1) is 0 Å². The zero-order chi connectivity index (χ0) is 13.5. The average Bonchev–Trinajstić information content (AvgIpc) is 3.07. The number of hydrogen-bond acceptors (Lipinski definition) is 2. The highest BCUT2D eigenvalue weighted by Crippen LogP contribution is 2.43. The van der Waals surface area contributed by atoms with Gasteiger partial charge in [-0.05, 0) is 42.9 Å². The molecule has 0 spiro atoms. The molecule has 3 unspecified atom stereocenters. The van der Waals surface area contributed by atoms with Crippen molar-refractivity contribution in [3.05, 3.63) is 0 Å². The topological polar surface area (TPSA) is 32.3 Å². The molecular weight excluding hydrogens is 248 g/mol. The Morgan fingerprint density at radius 2 is 1.55 bits per heavy atom. The number of carbonyl (C=O) groups is 1. The molecular formula is C17H28N2O. The van der Waals surface area contributed by atoms with Gasteiger partial charge in [0.2, 0.25) is 5.91 Å². The maximum absolute atomic E-state index is 12.8. The van der Waals surface area contributed by atoms with Crippen molar-refractivity contribution in [3.63, 3.8) is 0 Å². The number of carbonyl (C=O) groups excluding carboxylic acids is 1. The largest absolute Gasteiger partial charge is 0.342 e. The second-order valence-electron chi connectivity index (χ2n) is 7.74. The monoisotopic (exact) mass is 276 g/mol. The third-order valence-electron chi connectivity index (χ3n) is 6.59. The van der Waals surface area contributed by atoms with Crippen LogP contribution in [0.5, 0.6) is 0 Å². The predicted molar refractivity (Wildman–Crippen MR) is 79.2 cm³/mol. The van der Waals surface area contributed by atoms with E-state index in [-0.39, 0.29) is 0 Å². The minimum absolute atomic E-state index is 0.362. The molecule has 1 N–H and O–H groups in total. The van der Waals surface area contributed by atoms with Crippen LogP contribution in [-0.4, -0.2) is 37.0 Å². The van der Waals surface area contributed by atoms with E-state index in [1.807, 2.05) is 0 Å². The summed E-state index contributed by atoms with van der Waals surface area (Å²) in [5.74, 6) is 4.17. The standard InChI is InChI=1S/C17H28N2O/c20-17(19-10-15-8-18-9-16(15)11-19)14-6-5-12-3-1-2-4-13(12)7-14/h12-16,18H,1-11H2/t12?,13?,14?,15-,16+. The van der Waals surface area contributed by atoms with Crippen molar-refractivity contribution < 1.29 is 4.79 Å². The average molecular weight is 276 g/mol. The molecule has 2 saturated heterocycles. The Labute approximate surface area is 122 Å². The fraction of sp³-hybridized carbons (Fsp3) is 0.941. The molecule has 0 radical (unpaired) electrons. The molecule has 4 aliphatic rings. The van der Waals surface area contributed by atoms with Crippen molar-refractivity contribution in [3.8, 4) is 0 Å². The summed E-state index contributed by atoms with van der Waals surface area (Å²) in [5, 5.41) is 3.46. The van der Waals surface area contributed by atoms with Crippen molar-refractivity contribution >= 4 is 5.91 Å². The summed E-state index contributed by atoms with van der Waals surface area (Å²) in [4.78, 5) is 15.0. The zero-order valence-corrected chi connectivity index (χ0v) is 12.5. The first-order valence-corrected chi connectivity index (χ1v) is 8.81. The van der Waals surface area contributed by atoms with E-state index in [1.165, 1.54) is 44.9 Å². The summed E-state index contributed by atoms with van der Waals surface area (Å²) in [5.41, 5.74) is 0. The zero-order valence-electron chi connectivity index (χ0n) is 12.5. The third kappa shape index (κ3) is 2.28. The lowest BCUT2D eigenvalue weighted by atomic mass is 9.67. The first-order valence-electron chi connectivity index (χ1n) is 8.81. The van der Waals surface area contributed by atoms with E-state index < -0.39 is 0 Å². The Kier molecular flexibility index (Phi) is 3.49. The number of likely N-dealkylation sites (tertiary alicyclic amines) is 1. The van der Waals surface area contributed by atoms with Crippen LogP contribution < -0.4 is 5.32 Å². The van der Waals surface area contributed by atoms with E-state index in [4.69, 9.17) is 0 Å². The number of nitrogens with one attached hydrogen (secondary N) is 1. The van der Waals surface area contributed by atoms with Gasteiger partial charge in [-0.25, -0.2) is 0 Å². The van der Waals surface area contributed by atoms with Gasteiger partial charge in [0.25, 0.3) is 0 Å². The fourth-order valence-electron chi connectivity index (χ4n) is 5.39. The normalized spacial score (nSPS) is 44.2. The van der Waals surface area contributed by atoms with E-state index in [2.05, 4.69) is 10.2 Å². The van der Waals surface area contributed by atoms with E-state index in [9.17, 15) is 4.79 Å². The van der Waals surface area contributed by atoms with Crippen LogP contribution in [0.25, 0.3) is 0 Å². The van der Waals surface area contributed by atoms with Crippen molar-refractivity contribution in [2.24, 2.45) is 29.6 Å². The van der Waals surface area contributed by atoms with Gasteiger partial charge in [0.15, 0.2) is 0 Å². The Balaban J connectivity index is 1.37. The second-order valence-corrected chi connectivity index (χ2v) is 7.74. The van der Waals surface area contributed by atoms with Crippen LogP contribution in [0.4, 0.5) is 0 Å². The first kappa shape index (κ1) is 13.1. The molecule has 2 saturated carbocycles. The third-order valence-corrected chi connectivity index (χ3v) is 6.59. The number of nitrogens with zero attached hydrogens (tertiary/aromatic N) is 1. The van der Waals surface area contributed by atoms with Crippen LogP contribution in [0.3, 0.4) is 0 Å². The number of amides is 1. The Morgan fingerprint density at radius 1 is 0.850 bits per heavy atom. The molecule has 112 valence electrons. The fourth-order valence-corrected chi connectivity index (χ4v) is 5.39. The van der Waals surface area contributed by atoms with E-state index >= 15 is 0 Å². The van der Waals surface area contributed by atoms with Crippen molar-refractivity contribution in [2.75, 3.05) is 26.2 Å². The highest BCUT2D eigenvalue weighted by molar-refractivity contribution is 5.79. The minimum atomic E-state index is 0.362. The summed E-state index contributed by atoms with van der Waals surface area (Å²) in [6, 6.07) is 0. The van der Waals surface area contributed by atoms with E-state index in [1.54, 1.807) is 0 Å². The minimum Gasteiger partial charge on any atom is -0.342 e. The van der Waals surface area contributed by atoms with Crippen molar-refractivity contribution in [1.29, 1.82) is 0 Å². The van der Waals surface area contributed by atoms with Crippen molar-refractivity contribution in [1.82, 2.24) is 10.2 Å². The number of fused-ring (bicyclic) bond motifs is 2. The summed E-state index contributed by atoms with van der Waals surface area (Å²) < 4.78 is 0. The predicted octanol–water partition coefficient (Wildman–Crippen LogP) is 2.27. The van der Waals surface area contributed by atoms with E-state index in [0.717, 1.165) is 49.9 Å². The Hall–Kier alpha value is -0.570. The lowest BCUT2D eigenvalue weighted by Gasteiger charge is -2.39. The van der Waals surface area contributed by atoms with Gasteiger partial charge in [-0.15, -0.1) is 0 Å². The van der Waals surface area contributed by atoms with Crippen LogP contribution in [-0.2, 0) is 4.79 Å². The first-order chi connectivity index (χ1) is 9.81. The van der Waals surface area contributed by atoms with Crippen LogP contribution in [0.15, 0.2) is 0 Å². The van der Waals surface area contributed by atoms with Gasteiger partial charge in [0.1, 0.15) is 0 Å². The Morgan fingerprint density at radius 3 is 2.30 bits per heavy atom. The molecule has 0 aromatic carbocycles. The quantitative estimate of drug-likeness (QED) is 0.797. The van der Waals surface area contributed by atoms with E-state index in [0.29, 0.717) is 11.8 Å². The maximum Gasteiger partial charge on any atom is 0.225 e. The molecule has 4 rings (SSSR count). The molecule has 3 heteroatoms. The molecule has 5 atom stereocenters. The molecule has 4 fully saturated rings. The van der Waals surface area contributed by atoms with Gasteiger partial charge in [-0.3, -0.25) is 4.79 Å². The highest BCUT2D eigenvalue weighted by atomic mass is 16.2. The lowest BCUT2D eigenvalue weighted by Crippen LogP contribution is -2.40. The smallest absolute Gasteiger partial charge is 0.225 e. The summed E-state index contributed by atoms with van der Waals surface area (Å²) >= 11 is 0. The number of rotatable bonds is 1.